The van der Waals surface area contributed by atoms with E-state index >= 15 is 0 Å². The summed E-state index contributed by atoms with van der Waals surface area (Å²) in [5.41, 5.74) is -0.240. The number of nitrogens with one attached hydrogen (secondary N) is 1. The second kappa shape index (κ2) is 5.62. The lowest BCUT2D eigenvalue weighted by atomic mass is 10.0. The molecule has 0 atom stereocenters. The second-order valence-electron chi connectivity index (χ2n) is 5.30. The van der Waals surface area contributed by atoms with Crippen LogP contribution in [-0.2, 0) is 0 Å². The largest absolute Gasteiger partial charge is 0.494 e. The van der Waals surface area contributed by atoms with Crippen molar-refractivity contribution in [2.75, 3.05) is 7.11 Å². The number of carbonyl (C=O) groups is 1. The van der Waals surface area contributed by atoms with Crippen LogP contribution < -0.4 is 10.1 Å². The first kappa shape index (κ1) is 15.1. The average molecular weight is 312 g/mol. The minimum Gasteiger partial charge on any atom is -0.494 e. The molecule has 108 valence electrons. The van der Waals surface area contributed by atoms with Crippen molar-refractivity contribution in [3.05, 3.63) is 28.1 Å². The highest BCUT2D eigenvalue weighted by atomic mass is 35.5. The Morgan fingerprint density at radius 2 is 2.15 bits per heavy atom. The number of rotatable bonds is 4. The summed E-state index contributed by atoms with van der Waals surface area (Å²) in [6, 6.07) is 5.55. The number of halogens is 1. The van der Waals surface area contributed by atoms with E-state index in [1.165, 1.54) is 11.3 Å². The van der Waals surface area contributed by atoms with Gasteiger partial charge in [-0.05, 0) is 38.5 Å². The van der Waals surface area contributed by atoms with Gasteiger partial charge in [0.05, 0.1) is 7.11 Å². The molecule has 0 fully saturated rings. The van der Waals surface area contributed by atoms with Gasteiger partial charge in [-0.1, -0.05) is 18.5 Å². The van der Waals surface area contributed by atoms with Gasteiger partial charge in [0.15, 0.2) is 0 Å². The molecule has 2 rings (SSSR count). The van der Waals surface area contributed by atoms with E-state index in [1.54, 1.807) is 7.11 Å². The minimum absolute atomic E-state index is 0.106. The zero-order valence-corrected chi connectivity index (χ0v) is 13.6. The summed E-state index contributed by atoms with van der Waals surface area (Å²) in [5, 5.41) is 4.54. The Balaban J connectivity index is 2.46. The van der Waals surface area contributed by atoms with Gasteiger partial charge in [-0.3, -0.25) is 4.79 Å². The van der Waals surface area contributed by atoms with Gasteiger partial charge >= 0.3 is 0 Å². The van der Waals surface area contributed by atoms with Crippen molar-refractivity contribution in [1.29, 1.82) is 0 Å². The number of hydrogen-bond acceptors (Lipinski definition) is 3. The molecule has 20 heavy (non-hydrogen) atoms. The van der Waals surface area contributed by atoms with Crippen molar-refractivity contribution in [3.8, 4) is 5.75 Å². The van der Waals surface area contributed by atoms with E-state index in [4.69, 9.17) is 16.3 Å². The lowest BCUT2D eigenvalue weighted by Gasteiger charge is -2.24. The SMILES string of the molecule is CCC(C)(C)NC(=O)c1sc2ccc(Cl)cc2c1OC. The van der Waals surface area contributed by atoms with Crippen LogP contribution >= 0.6 is 22.9 Å². The summed E-state index contributed by atoms with van der Waals surface area (Å²) >= 11 is 7.43. The number of hydrogen-bond donors (Lipinski definition) is 1. The number of ether oxygens (including phenoxy) is 1. The van der Waals surface area contributed by atoms with Crippen LogP contribution in [-0.4, -0.2) is 18.6 Å². The summed E-state index contributed by atoms with van der Waals surface area (Å²) in [5.74, 6) is 0.489. The Morgan fingerprint density at radius 1 is 1.45 bits per heavy atom. The van der Waals surface area contributed by atoms with Crippen LogP contribution in [0.5, 0.6) is 5.75 Å². The van der Waals surface area contributed by atoms with Crippen molar-refractivity contribution in [3.63, 3.8) is 0 Å². The van der Waals surface area contributed by atoms with Gasteiger partial charge in [0.1, 0.15) is 10.6 Å². The molecule has 0 aliphatic carbocycles. The van der Waals surface area contributed by atoms with E-state index in [9.17, 15) is 4.79 Å². The molecule has 3 nitrogen and oxygen atoms in total. The first-order chi connectivity index (χ1) is 9.38. The summed E-state index contributed by atoms with van der Waals surface area (Å²) in [7, 11) is 1.57. The fourth-order valence-electron chi connectivity index (χ4n) is 1.85. The van der Waals surface area contributed by atoms with Crippen LogP contribution in [0.15, 0.2) is 18.2 Å². The van der Waals surface area contributed by atoms with E-state index in [0.29, 0.717) is 15.6 Å². The van der Waals surface area contributed by atoms with Gasteiger partial charge in [0, 0.05) is 20.6 Å². The van der Waals surface area contributed by atoms with Crippen LogP contribution in [0.25, 0.3) is 10.1 Å². The van der Waals surface area contributed by atoms with Crippen molar-refractivity contribution in [2.24, 2.45) is 0 Å². The van der Waals surface area contributed by atoms with E-state index in [-0.39, 0.29) is 11.4 Å². The van der Waals surface area contributed by atoms with Crippen LogP contribution in [0.3, 0.4) is 0 Å². The van der Waals surface area contributed by atoms with Crippen LogP contribution in [0.1, 0.15) is 36.9 Å². The lowest BCUT2D eigenvalue weighted by molar-refractivity contribution is 0.0913. The summed E-state index contributed by atoms with van der Waals surface area (Å²) in [6.07, 6.45) is 0.859. The molecule has 1 heterocycles. The molecule has 0 bridgehead atoms. The monoisotopic (exact) mass is 311 g/mol. The van der Waals surface area contributed by atoms with E-state index < -0.39 is 0 Å². The van der Waals surface area contributed by atoms with Gasteiger partial charge in [0.2, 0.25) is 0 Å². The highest BCUT2D eigenvalue weighted by molar-refractivity contribution is 7.21. The van der Waals surface area contributed by atoms with Gasteiger partial charge in [-0.15, -0.1) is 11.3 Å². The Labute approximate surface area is 127 Å². The number of fused-ring (bicyclic) bond motifs is 1. The fraction of sp³-hybridized carbons (Fsp3) is 0.400. The van der Waals surface area contributed by atoms with Gasteiger partial charge in [0.25, 0.3) is 5.91 Å². The smallest absolute Gasteiger partial charge is 0.265 e. The maximum atomic E-state index is 12.4. The Morgan fingerprint density at radius 3 is 2.75 bits per heavy atom. The number of amides is 1. The number of thiophene rings is 1. The van der Waals surface area contributed by atoms with Gasteiger partial charge < -0.3 is 10.1 Å². The van der Waals surface area contributed by atoms with Crippen molar-refractivity contribution in [1.82, 2.24) is 5.32 Å². The Bertz CT molecular complexity index is 649. The summed E-state index contributed by atoms with van der Waals surface area (Å²) in [6.45, 7) is 6.05. The molecule has 0 spiro atoms. The molecule has 0 saturated carbocycles. The Kier molecular flexibility index (Phi) is 4.25. The predicted molar refractivity (Wildman–Crippen MR) is 85.2 cm³/mol. The van der Waals surface area contributed by atoms with E-state index in [0.717, 1.165) is 16.5 Å². The molecule has 0 saturated heterocycles. The molecular formula is C15H18ClNO2S. The molecule has 1 amide bonds. The van der Waals surface area contributed by atoms with Crippen LogP contribution in [0.2, 0.25) is 5.02 Å². The lowest BCUT2D eigenvalue weighted by Crippen LogP contribution is -2.42. The molecule has 1 aromatic carbocycles. The third kappa shape index (κ3) is 2.91. The summed E-state index contributed by atoms with van der Waals surface area (Å²) in [4.78, 5) is 13.0. The molecule has 1 N–H and O–H groups in total. The van der Waals surface area contributed by atoms with Crippen LogP contribution in [0.4, 0.5) is 0 Å². The standard InChI is InChI=1S/C15H18ClNO2S/c1-5-15(2,3)17-14(18)13-12(19-4)10-8-9(16)6-7-11(10)20-13/h6-8H,5H2,1-4H3,(H,17,18). The molecule has 0 radical (unpaired) electrons. The molecular weight excluding hydrogens is 294 g/mol. The fourth-order valence-corrected chi connectivity index (χ4v) is 3.07. The van der Waals surface area contributed by atoms with Crippen molar-refractivity contribution < 1.29 is 9.53 Å². The molecule has 0 aliphatic rings. The third-order valence-corrected chi connectivity index (χ3v) is 4.74. The minimum atomic E-state index is -0.240. The zero-order chi connectivity index (χ0) is 14.9. The maximum absolute atomic E-state index is 12.4. The topological polar surface area (TPSA) is 38.3 Å². The third-order valence-electron chi connectivity index (χ3n) is 3.35. The molecule has 0 unspecified atom stereocenters. The summed E-state index contributed by atoms with van der Waals surface area (Å²) < 4.78 is 6.41. The highest BCUT2D eigenvalue weighted by Gasteiger charge is 2.24. The van der Waals surface area contributed by atoms with E-state index in [1.807, 2.05) is 39.0 Å². The highest BCUT2D eigenvalue weighted by Crippen LogP contribution is 2.39. The zero-order valence-electron chi connectivity index (χ0n) is 12.0. The van der Waals surface area contributed by atoms with Crippen molar-refractivity contribution >= 4 is 38.9 Å². The van der Waals surface area contributed by atoms with Gasteiger partial charge in [-0.2, -0.15) is 0 Å². The van der Waals surface area contributed by atoms with E-state index in [2.05, 4.69) is 5.32 Å². The van der Waals surface area contributed by atoms with Crippen molar-refractivity contribution in [2.45, 2.75) is 32.7 Å². The van der Waals surface area contributed by atoms with Crippen LogP contribution in [0, 0.1) is 0 Å². The first-order valence-electron chi connectivity index (χ1n) is 6.46. The maximum Gasteiger partial charge on any atom is 0.265 e. The Hall–Kier alpha value is -1.26. The predicted octanol–water partition coefficient (Wildman–Crippen LogP) is 4.48. The second-order valence-corrected chi connectivity index (χ2v) is 6.79. The number of carbonyl (C=O) groups excluding carboxylic acids is 1. The molecule has 5 heteroatoms. The number of benzene rings is 1. The molecule has 2 aromatic rings. The first-order valence-corrected chi connectivity index (χ1v) is 7.66. The van der Waals surface area contributed by atoms with Gasteiger partial charge in [-0.25, -0.2) is 0 Å². The molecule has 0 aliphatic heterocycles. The quantitative estimate of drug-likeness (QED) is 0.904. The normalized spacial score (nSPS) is 11.7. The molecule has 1 aromatic heterocycles. The number of methoxy groups -OCH3 is 1. The average Bonchev–Trinajstić information content (AvgIpc) is 2.76.